The van der Waals surface area contributed by atoms with E-state index < -0.39 is 0 Å². The molecule has 0 saturated carbocycles. The van der Waals surface area contributed by atoms with Crippen LogP contribution in [0.4, 0.5) is 11.4 Å². The maximum atomic E-state index is 9.27. The number of nitrogens with two attached hydrogens (primary N) is 1. The van der Waals surface area contributed by atoms with Crippen molar-refractivity contribution < 1.29 is 0 Å². The van der Waals surface area contributed by atoms with Gasteiger partial charge in [-0.1, -0.05) is 36.4 Å². The Morgan fingerprint density at radius 2 is 1.54 bits per heavy atom. The van der Waals surface area contributed by atoms with Gasteiger partial charge in [-0.05, 0) is 49.2 Å². The first-order valence-corrected chi connectivity index (χ1v) is 8.56. The number of benzene rings is 2. The molecule has 0 heterocycles. The molecule has 0 amide bonds. The molecule has 2 aromatic rings. The minimum atomic E-state index is 0.0748. The van der Waals surface area contributed by atoms with E-state index in [1.54, 1.807) is 18.2 Å². The smallest absolute Gasteiger partial charge is 0.137 e. The molecule has 2 N–H and O–H groups in total. The van der Waals surface area contributed by atoms with Gasteiger partial charge in [0.05, 0.1) is 0 Å². The molecule has 0 atom stereocenters. The number of anilines is 2. The predicted molar refractivity (Wildman–Crippen MR) is 108 cm³/mol. The average molecular weight is 342 g/mol. The van der Waals surface area contributed by atoms with Gasteiger partial charge in [0.15, 0.2) is 0 Å². The molecule has 0 spiro atoms. The molecule has 0 aliphatic rings. The van der Waals surface area contributed by atoms with Crippen molar-refractivity contribution in [1.29, 1.82) is 10.5 Å². The summed E-state index contributed by atoms with van der Waals surface area (Å²) in [7, 11) is 0. The number of nitrogen functional groups attached to an aromatic ring is 1. The molecule has 0 fully saturated rings. The summed E-state index contributed by atoms with van der Waals surface area (Å²) in [6, 6.07) is 19.3. The molecule has 0 bridgehead atoms. The largest absolute Gasteiger partial charge is 0.399 e. The predicted octanol–water partition coefficient (Wildman–Crippen LogP) is 4.63. The normalized spacial score (nSPS) is 10.2. The van der Waals surface area contributed by atoms with Gasteiger partial charge in [0.2, 0.25) is 0 Å². The van der Waals surface area contributed by atoms with Crippen molar-refractivity contribution in [1.82, 2.24) is 0 Å². The van der Waals surface area contributed by atoms with Crippen molar-refractivity contribution in [2.24, 2.45) is 0 Å². The molecular weight excluding hydrogens is 320 g/mol. The zero-order chi connectivity index (χ0) is 18.9. The van der Waals surface area contributed by atoms with Crippen molar-refractivity contribution in [3.63, 3.8) is 0 Å². The molecule has 4 nitrogen and oxygen atoms in total. The second kappa shape index (κ2) is 9.11. The first-order valence-electron chi connectivity index (χ1n) is 8.56. The number of nitrogens with zero attached hydrogens (tertiary/aromatic N) is 3. The van der Waals surface area contributed by atoms with Gasteiger partial charge in [-0.2, -0.15) is 10.5 Å². The van der Waals surface area contributed by atoms with E-state index in [0.29, 0.717) is 11.3 Å². The zero-order valence-corrected chi connectivity index (χ0v) is 15.1. The van der Waals surface area contributed by atoms with Gasteiger partial charge in [0, 0.05) is 30.0 Å². The molecule has 2 rings (SSSR count). The molecule has 4 heteroatoms. The highest BCUT2D eigenvalue weighted by Gasteiger charge is 2.06. The van der Waals surface area contributed by atoms with Gasteiger partial charge in [0.25, 0.3) is 0 Å². The molecule has 2 aromatic carbocycles. The minimum absolute atomic E-state index is 0.0748. The van der Waals surface area contributed by atoms with Crippen LogP contribution in [0.1, 0.15) is 25.0 Å². The topological polar surface area (TPSA) is 76.8 Å². The molecule has 0 aliphatic carbocycles. The van der Waals surface area contributed by atoms with Crippen LogP contribution in [0.3, 0.4) is 0 Å². The number of hydrogen-bond acceptors (Lipinski definition) is 4. The molecule has 26 heavy (non-hydrogen) atoms. The van der Waals surface area contributed by atoms with E-state index in [2.05, 4.69) is 30.9 Å². The highest BCUT2D eigenvalue weighted by atomic mass is 15.1. The van der Waals surface area contributed by atoms with E-state index in [9.17, 15) is 10.5 Å². The van der Waals surface area contributed by atoms with Crippen LogP contribution in [0.5, 0.6) is 0 Å². The second-order valence-corrected chi connectivity index (χ2v) is 5.73. The Bertz CT molecular complexity index is 856. The van der Waals surface area contributed by atoms with Crippen LogP contribution in [0, 0.1) is 22.7 Å². The van der Waals surface area contributed by atoms with Crippen LogP contribution >= 0.6 is 0 Å². The van der Waals surface area contributed by atoms with Gasteiger partial charge in [-0.3, -0.25) is 0 Å². The summed E-state index contributed by atoms with van der Waals surface area (Å²) in [6.45, 7) is 6.19. The minimum Gasteiger partial charge on any atom is -0.399 e. The van der Waals surface area contributed by atoms with Gasteiger partial charge in [-0.15, -0.1) is 0 Å². The lowest BCUT2D eigenvalue weighted by molar-refractivity contribution is 0.866. The summed E-state index contributed by atoms with van der Waals surface area (Å²) in [5, 5.41) is 18.5. The average Bonchev–Trinajstić information content (AvgIpc) is 2.68. The van der Waals surface area contributed by atoms with E-state index in [4.69, 9.17) is 5.73 Å². The summed E-state index contributed by atoms with van der Waals surface area (Å²) in [5.41, 5.74) is 9.99. The Hall–Kier alpha value is -3.50. The maximum Gasteiger partial charge on any atom is 0.137 e. The second-order valence-electron chi connectivity index (χ2n) is 5.73. The lowest BCUT2D eigenvalue weighted by Gasteiger charge is -2.20. The first-order chi connectivity index (χ1) is 12.6. The SMILES string of the molecule is CCN(CC)c1ccc(/C=C/C(=C(C#N)C#N)c2ccc(N)cc2)cc1. The Kier molecular flexibility index (Phi) is 6.60. The highest BCUT2D eigenvalue weighted by molar-refractivity contribution is 5.85. The summed E-state index contributed by atoms with van der Waals surface area (Å²) >= 11 is 0. The number of nitriles is 2. The van der Waals surface area contributed by atoms with Crippen LogP contribution in [-0.2, 0) is 0 Å². The lowest BCUT2D eigenvalue weighted by atomic mass is 9.99. The van der Waals surface area contributed by atoms with E-state index in [1.807, 2.05) is 42.5 Å². The Labute approximate surface area is 155 Å². The fourth-order valence-electron chi connectivity index (χ4n) is 2.70. The van der Waals surface area contributed by atoms with Crippen molar-refractivity contribution in [2.45, 2.75) is 13.8 Å². The van der Waals surface area contributed by atoms with E-state index in [1.165, 1.54) is 5.69 Å². The summed E-state index contributed by atoms with van der Waals surface area (Å²) in [5.74, 6) is 0. The van der Waals surface area contributed by atoms with Crippen molar-refractivity contribution >= 4 is 23.0 Å². The summed E-state index contributed by atoms with van der Waals surface area (Å²) in [4.78, 5) is 2.27. The molecule has 0 aromatic heterocycles. The van der Waals surface area contributed by atoms with Gasteiger partial charge in [-0.25, -0.2) is 0 Å². The highest BCUT2D eigenvalue weighted by Crippen LogP contribution is 2.23. The quantitative estimate of drug-likeness (QED) is 0.472. The van der Waals surface area contributed by atoms with Crippen LogP contribution < -0.4 is 10.6 Å². The summed E-state index contributed by atoms with van der Waals surface area (Å²) < 4.78 is 0. The Morgan fingerprint density at radius 3 is 2.04 bits per heavy atom. The number of rotatable bonds is 6. The third-order valence-corrected chi connectivity index (χ3v) is 4.18. The van der Waals surface area contributed by atoms with Gasteiger partial charge < -0.3 is 10.6 Å². The van der Waals surface area contributed by atoms with E-state index >= 15 is 0 Å². The van der Waals surface area contributed by atoms with Crippen LogP contribution in [-0.4, -0.2) is 13.1 Å². The van der Waals surface area contributed by atoms with Gasteiger partial charge in [0.1, 0.15) is 17.7 Å². The van der Waals surface area contributed by atoms with Crippen molar-refractivity contribution in [3.8, 4) is 12.1 Å². The van der Waals surface area contributed by atoms with E-state index in [-0.39, 0.29) is 5.57 Å². The van der Waals surface area contributed by atoms with Crippen molar-refractivity contribution in [3.05, 3.63) is 71.3 Å². The first kappa shape index (κ1) is 18.8. The molecule has 0 unspecified atom stereocenters. The number of hydrogen-bond donors (Lipinski definition) is 1. The zero-order valence-electron chi connectivity index (χ0n) is 15.1. The van der Waals surface area contributed by atoms with Crippen LogP contribution in [0.25, 0.3) is 11.6 Å². The molecular formula is C22H22N4. The molecule has 0 radical (unpaired) electrons. The fraction of sp³-hybridized carbons (Fsp3) is 0.182. The van der Waals surface area contributed by atoms with Crippen LogP contribution in [0.15, 0.2) is 60.2 Å². The van der Waals surface area contributed by atoms with Crippen LogP contribution in [0.2, 0.25) is 0 Å². The monoisotopic (exact) mass is 342 g/mol. The molecule has 0 aliphatic heterocycles. The Balaban J connectivity index is 2.35. The van der Waals surface area contributed by atoms with Crippen molar-refractivity contribution in [2.75, 3.05) is 23.7 Å². The molecule has 130 valence electrons. The van der Waals surface area contributed by atoms with Gasteiger partial charge >= 0.3 is 0 Å². The standard InChI is InChI=1S/C22H22N4/c1-3-26(4-2)21-12-5-17(6-13-21)7-14-22(19(15-23)16-24)18-8-10-20(25)11-9-18/h5-14H,3-4,25H2,1-2H3/b14-7+. The fourth-order valence-corrected chi connectivity index (χ4v) is 2.70. The maximum absolute atomic E-state index is 9.27. The Morgan fingerprint density at radius 1 is 0.962 bits per heavy atom. The lowest BCUT2D eigenvalue weighted by Crippen LogP contribution is -2.21. The third kappa shape index (κ3) is 4.53. The summed E-state index contributed by atoms with van der Waals surface area (Å²) in [6.07, 6.45) is 3.71. The number of allylic oxidation sites excluding steroid dienone is 3. The van der Waals surface area contributed by atoms with E-state index in [0.717, 1.165) is 24.2 Å². The molecule has 0 saturated heterocycles. The third-order valence-electron chi connectivity index (χ3n) is 4.18.